The molecule has 0 unspecified atom stereocenters. The zero-order valence-corrected chi connectivity index (χ0v) is 16.5. The maximum absolute atomic E-state index is 12.2. The lowest BCUT2D eigenvalue weighted by molar-refractivity contribution is -0.122. The van der Waals surface area contributed by atoms with E-state index in [1.165, 1.54) is 0 Å². The molecule has 3 rings (SSSR count). The third kappa shape index (κ3) is 5.04. The zero-order valence-electron chi connectivity index (χ0n) is 14.2. The third-order valence-corrected chi connectivity index (χ3v) is 5.33. The summed E-state index contributed by atoms with van der Waals surface area (Å²) in [5, 5.41) is 4.82. The number of carbonyl (C=O) groups excluding carboxylic acids is 1. The Labute approximate surface area is 168 Å². The Morgan fingerprint density at radius 3 is 2.38 bits per heavy atom. The first kappa shape index (κ1) is 19.3. The van der Waals surface area contributed by atoms with Gasteiger partial charge >= 0.3 is 0 Å². The second kappa shape index (κ2) is 8.96. The lowest BCUT2D eigenvalue weighted by Crippen LogP contribution is -2.49. The van der Waals surface area contributed by atoms with Crippen LogP contribution in [0.15, 0.2) is 42.5 Å². The molecular weight excluding hydrogens is 393 g/mol. The molecule has 0 atom stereocenters. The molecule has 2 aromatic rings. The molecule has 0 spiro atoms. The van der Waals surface area contributed by atoms with Crippen molar-refractivity contribution in [2.24, 2.45) is 0 Å². The van der Waals surface area contributed by atoms with Crippen LogP contribution in [0.3, 0.4) is 0 Å². The summed E-state index contributed by atoms with van der Waals surface area (Å²) in [5.74, 6) is -0.0118. The van der Waals surface area contributed by atoms with Gasteiger partial charge in [0.2, 0.25) is 5.91 Å². The van der Waals surface area contributed by atoms with Crippen molar-refractivity contribution in [3.05, 3.63) is 63.1 Å². The van der Waals surface area contributed by atoms with Crippen LogP contribution in [0.1, 0.15) is 5.56 Å². The van der Waals surface area contributed by atoms with Gasteiger partial charge in [-0.15, -0.1) is 0 Å². The number of halogens is 3. The number of nitrogens with zero attached hydrogens (tertiary/aromatic N) is 2. The van der Waals surface area contributed by atoms with Crippen molar-refractivity contribution in [2.75, 3.05) is 37.6 Å². The van der Waals surface area contributed by atoms with Crippen LogP contribution in [0.25, 0.3) is 0 Å². The van der Waals surface area contributed by atoms with Crippen LogP contribution in [-0.4, -0.2) is 43.5 Å². The van der Waals surface area contributed by atoms with Gasteiger partial charge in [-0.25, -0.2) is 0 Å². The summed E-state index contributed by atoms with van der Waals surface area (Å²) in [6, 6.07) is 13.1. The average molecular weight is 413 g/mol. The molecular formula is C19H20Cl3N3O. The standard InChI is InChI=1S/C19H20Cl3N3O/c20-15-6-5-14(17(22)11-15)12-23-19(26)13-24-7-9-25(10-8-24)18-4-2-1-3-16(18)21/h1-6,11H,7-10,12-13H2,(H,23,26). The van der Waals surface area contributed by atoms with E-state index in [-0.39, 0.29) is 5.91 Å². The third-order valence-electron chi connectivity index (χ3n) is 4.42. The van der Waals surface area contributed by atoms with Gasteiger partial charge in [-0.2, -0.15) is 0 Å². The van der Waals surface area contributed by atoms with Crippen molar-refractivity contribution in [1.29, 1.82) is 0 Å². The summed E-state index contributed by atoms with van der Waals surface area (Å²) < 4.78 is 0. The van der Waals surface area contributed by atoms with Crippen LogP contribution < -0.4 is 10.2 Å². The van der Waals surface area contributed by atoms with E-state index in [1.807, 2.05) is 30.3 Å². The quantitative estimate of drug-likeness (QED) is 0.803. The number of piperazine rings is 1. The number of amides is 1. The van der Waals surface area contributed by atoms with Gasteiger partial charge in [-0.3, -0.25) is 9.69 Å². The van der Waals surface area contributed by atoms with Crippen molar-refractivity contribution >= 4 is 46.4 Å². The number of hydrogen-bond acceptors (Lipinski definition) is 3. The normalized spacial score (nSPS) is 15.1. The van der Waals surface area contributed by atoms with Gasteiger partial charge < -0.3 is 10.2 Å². The van der Waals surface area contributed by atoms with Gasteiger partial charge in [0.25, 0.3) is 0 Å². The second-order valence-electron chi connectivity index (χ2n) is 6.23. The fraction of sp³-hybridized carbons (Fsp3) is 0.316. The molecule has 1 aliphatic heterocycles. The first-order chi connectivity index (χ1) is 12.5. The highest BCUT2D eigenvalue weighted by Crippen LogP contribution is 2.26. The number of benzene rings is 2. The molecule has 138 valence electrons. The van der Waals surface area contributed by atoms with Gasteiger partial charge in [0, 0.05) is 42.8 Å². The van der Waals surface area contributed by atoms with E-state index in [4.69, 9.17) is 34.8 Å². The highest BCUT2D eigenvalue weighted by molar-refractivity contribution is 6.35. The van der Waals surface area contributed by atoms with Crippen LogP contribution in [0.5, 0.6) is 0 Å². The Hall–Kier alpha value is -1.46. The highest BCUT2D eigenvalue weighted by Gasteiger charge is 2.20. The van der Waals surface area contributed by atoms with Gasteiger partial charge in [0.15, 0.2) is 0 Å². The first-order valence-electron chi connectivity index (χ1n) is 8.45. The number of anilines is 1. The molecule has 0 saturated carbocycles. The molecule has 1 saturated heterocycles. The van der Waals surface area contributed by atoms with Crippen LogP contribution in [0.2, 0.25) is 15.1 Å². The topological polar surface area (TPSA) is 35.6 Å². The molecule has 2 aromatic carbocycles. The van der Waals surface area contributed by atoms with Gasteiger partial charge in [0.1, 0.15) is 0 Å². The largest absolute Gasteiger partial charge is 0.368 e. The average Bonchev–Trinajstić information content (AvgIpc) is 2.62. The van der Waals surface area contributed by atoms with Crippen molar-refractivity contribution in [1.82, 2.24) is 10.2 Å². The lowest BCUT2D eigenvalue weighted by atomic mass is 10.2. The molecule has 7 heteroatoms. The van der Waals surface area contributed by atoms with E-state index >= 15 is 0 Å². The van der Waals surface area contributed by atoms with E-state index in [2.05, 4.69) is 15.1 Å². The Morgan fingerprint density at radius 2 is 1.69 bits per heavy atom. The summed E-state index contributed by atoms with van der Waals surface area (Å²) in [5.41, 5.74) is 1.91. The molecule has 1 amide bonds. The summed E-state index contributed by atoms with van der Waals surface area (Å²) in [7, 11) is 0. The van der Waals surface area contributed by atoms with E-state index in [0.29, 0.717) is 23.1 Å². The van der Waals surface area contributed by atoms with E-state index in [9.17, 15) is 4.79 Å². The molecule has 1 heterocycles. The van der Waals surface area contributed by atoms with Crippen LogP contribution in [-0.2, 0) is 11.3 Å². The maximum atomic E-state index is 12.2. The fourth-order valence-electron chi connectivity index (χ4n) is 2.97. The minimum Gasteiger partial charge on any atom is -0.368 e. The minimum absolute atomic E-state index is 0.0118. The predicted octanol–water partition coefficient (Wildman–Crippen LogP) is 4.09. The number of nitrogens with one attached hydrogen (secondary N) is 1. The van der Waals surface area contributed by atoms with Crippen LogP contribution >= 0.6 is 34.8 Å². The molecule has 0 aromatic heterocycles. The summed E-state index contributed by atoms with van der Waals surface area (Å²) >= 11 is 18.3. The van der Waals surface area contributed by atoms with Crippen LogP contribution in [0, 0.1) is 0 Å². The van der Waals surface area contributed by atoms with Crippen molar-refractivity contribution < 1.29 is 4.79 Å². The van der Waals surface area contributed by atoms with Gasteiger partial charge in [-0.1, -0.05) is 53.0 Å². The summed E-state index contributed by atoms with van der Waals surface area (Å²) in [6.45, 7) is 4.11. The number of para-hydroxylation sites is 1. The van der Waals surface area contributed by atoms with Crippen molar-refractivity contribution in [3.63, 3.8) is 0 Å². The lowest BCUT2D eigenvalue weighted by Gasteiger charge is -2.36. The fourth-order valence-corrected chi connectivity index (χ4v) is 3.70. The molecule has 0 radical (unpaired) electrons. The monoisotopic (exact) mass is 411 g/mol. The molecule has 1 fully saturated rings. The van der Waals surface area contributed by atoms with Crippen LogP contribution in [0.4, 0.5) is 5.69 Å². The van der Waals surface area contributed by atoms with Gasteiger partial charge in [0.05, 0.1) is 17.3 Å². The highest BCUT2D eigenvalue weighted by atomic mass is 35.5. The zero-order chi connectivity index (χ0) is 18.5. The van der Waals surface area contributed by atoms with Gasteiger partial charge in [-0.05, 0) is 29.8 Å². The maximum Gasteiger partial charge on any atom is 0.234 e. The van der Waals surface area contributed by atoms with Crippen molar-refractivity contribution in [2.45, 2.75) is 6.54 Å². The molecule has 1 N–H and O–H groups in total. The molecule has 26 heavy (non-hydrogen) atoms. The minimum atomic E-state index is -0.0118. The SMILES string of the molecule is O=C(CN1CCN(c2ccccc2Cl)CC1)NCc1ccc(Cl)cc1Cl. The molecule has 0 bridgehead atoms. The Kier molecular flexibility index (Phi) is 6.65. The van der Waals surface area contributed by atoms with E-state index in [1.54, 1.807) is 12.1 Å². The van der Waals surface area contributed by atoms with E-state index in [0.717, 1.165) is 42.5 Å². The predicted molar refractivity (Wildman–Crippen MR) is 108 cm³/mol. The Balaban J connectivity index is 1.45. The molecule has 1 aliphatic rings. The number of hydrogen-bond donors (Lipinski definition) is 1. The Morgan fingerprint density at radius 1 is 0.962 bits per heavy atom. The summed E-state index contributed by atoms with van der Waals surface area (Å²) in [4.78, 5) is 16.6. The van der Waals surface area contributed by atoms with Crippen molar-refractivity contribution in [3.8, 4) is 0 Å². The van der Waals surface area contributed by atoms with E-state index < -0.39 is 0 Å². The summed E-state index contributed by atoms with van der Waals surface area (Å²) in [6.07, 6.45) is 0. The number of rotatable bonds is 5. The number of carbonyl (C=O) groups is 1. The first-order valence-corrected chi connectivity index (χ1v) is 9.59. The smallest absolute Gasteiger partial charge is 0.234 e. The molecule has 0 aliphatic carbocycles. The second-order valence-corrected chi connectivity index (χ2v) is 7.48. The molecule has 4 nitrogen and oxygen atoms in total. The Bertz CT molecular complexity index is 776.